The summed E-state index contributed by atoms with van der Waals surface area (Å²) < 4.78 is 38.0. The number of hydrogen-bond donors (Lipinski definition) is 4. The molecule has 0 amide bonds. The minimum absolute atomic E-state index is 0.0338. The summed E-state index contributed by atoms with van der Waals surface area (Å²) in [7, 11) is -4.54. The summed E-state index contributed by atoms with van der Waals surface area (Å²) >= 11 is 0. The fourth-order valence-electron chi connectivity index (χ4n) is 4.73. The molecule has 4 N–H and O–H groups in total. The number of fused-ring (bicyclic) bond motifs is 1. The molecule has 14 nitrogen and oxygen atoms in total. The summed E-state index contributed by atoms with van der Waals surface area (Å²) in [5.41, 5.74) is -3.02. The maximum atomic E-state index is 14.3. The van der Waals surface area contributed by atoms with Crippen molar-refractivity contribution in [3.63, 3.8) is 0 Å². The van der Waals surface area contributed by atoms with E-state index in [9.17, 15) is 29.2 Å². The third kappa shape index (κ3) is 6.96. The second kappa shape index (κ2) is 13.3. The lowest BCUT2D eigenvalue weighted by molar-refractivity contribution is -0.146. The molecule has 1 aromatic heterocycles. The van der Waals surface area contributed by atoms with Gasteiger partial charge in [-0.3, -0.25) is 28.7 Å². The van der Waals surface area contributed by atoms with Gasteiger partial charge in [0.05, 0.1) is 0 Å². The quantitative estimate of drug-likeness (QED) is 0.101. The second-order valence-corrected chi connectivity index (χ2v) is 11.9. The molecule has 0 radical (unpaired) electrons. The van der Waals surface area contributed by atoms with Crippen molar-refractivity contribution in [1.29, 1.82) is 0 Å². The second-order valence-electron chi connectivity index (χ2n) is 10.2. The van der Waals surface area contributed by atoms with Gasteiger partial charge in [0.25, 0.3) is 5.56 Å². The van der Waals surface area contributed by atoms with Crippen molar-refractivity contribution in [2.75, 3.05) is 6.61 Å². The molecule has 0 spiro atoms. The van der Waals surface area contributed by atoms with Crippen molar-refractivity contribution >= 4 is 31.2 Å². The van der Waals surface area contributed by atoms with Gasteiger partial charge >= 0.3 is 19.4 Å². The molecule has 6 atom stereocenters. The van der Waals surface area contributed by atoms with E-state index in [0.29, 0.717) is 5.39 Å². The summed E-state index contributed by atoms with van der Waals surface area (Å²) in [5.74, 6) is -0.606. The predicted octanol–water partition coefficient (Wildman–Crippen LogP) is 2.26. The van der Waals surface area contributed by atoms with Crippen LogP contribution < -0.4 is 20.9 Å². The van der Waals surface area contributed by atoms with Crippen molar-refractivity contribution in [3.8, 4) is 5.75 Å². The van der Waals surface area contributed by atoms with Crippen molar-refractivity contribution in [2.24, 2.45) is 4.99 Å². The molecular weight excluding hydrogens is 607 g/mol. The smallest absolute Gasteiger partial charge is 0.459 e. The first kappa shape index (κ1) is 32.0. The number of benzene rings is 3. The Morgan fingerprint density at radius 3 is 2.56 bits per heavy atom. The Bertz CT molecular complexity index is 1840. The minimum atomic E-state index is -4.54. The third-order valence-corrected chi connectivity index (χ3v) is 8.74. The fraction of sp³-hybridized carbons (Fsp3) is 0.267. The van der Waals surface area contributed by atoms with Gasteiger partial charge < -0.3 is 24.2 Å². The monoisotopic (exact) mass is 638 g/mol. The first-order valence-corrected chi connectivity index (χ1v) is 15.3. The van der Waals surface area contributed by atoms with Crippen molar-refractivity contribution < 1.29 is 38.1 Å². The Hall–Kier alpha value is -4.43. The highest BCUT2D eigenvalue weighted by molar-refractivity contribution is 7.52. The van der Waals surface area contributed by atoms with Crippen LogP contribution in [0.3, 0.4) is 0 Å². The highest BCUT2D eigenvalue weighted by Crippen LogP contribution is 2.49. The first-order chi connectivity index (χ1) is 21.5. The SMILES string of the molecule is C=N[C@]1(COP(=O)(N[C@@H](C)C(=O)OCc2ccccc2)Oc2cccc3ccccc23)O[C@@H](n2ccc(=O)[nH]c2=O)[C@H](O)[C@@H]1O. The molecule has 0 saturated carbocycles. The molecule has 1 aliphatic rings. The van der Waals surface area contributed by atoms with Crippen LogP contribution in [0.2, 0.25) is 0 Å². The zero-order chi connectivity index (χ0) is 32.2. The number of carbonyl (C=O) groups is 1. The van der Waals surface area contributed by atoms with Gasteiger partial charge in [-0.25, -0.2) is 9.36 Å². The lowest BCUT2D eigenvalue weighted by Gasteiger charge is -2.30. The van der Waals surface area contributed by atoms with E-state index < -0.39 is 61.8 Å². The van der Waals surface area contributed by atoms with Crippen LogP contribution >= 0.6 is 7.75 Å². The Labute approximate surface area is 256 Å². The average Bonchev–Trinajstić information content (AvgIpc) is 3.29. The topological polar surface area (TPSA) is 191 Å². The fourth-order valence-corrected chi connectivity index (χ4v) is 6.26. The lowest BCUT2D eigenvalue weighted by Crippen LogP contribution is -2.46. The third-order valence-electron chi connectivity index (χ3n) is 7.13. The molecule has 5 rings (SSSR count). The van der Waals surface area contributed by atoms with Crippen LogP contribution in [0.5, 0.6) is 5.75 Å². The standard InChI is InChI=1S/C30H31N4O10P/c1-19(28(38)41-17-20-9-4-3-5-10-20)33-45(40,44-23-14-8-12-21-11-6-7-13-22(21)23)42-18-30(31-2)26(37)25(36)27(43-30)34-16-15-24(35)32-29(34)39/h3-16,19,25-27,36-37H,2,17-18H2,1H3,(H,33,40)(H,32,35,39)/t19-,25+,26-,27+,30+,45?/m0/s1. The number of nitrogens with one attached hydrogen (secondary N) is 2. The van der Waals surface area contributed by atoms with E-state index in [1.165, 1.54) is 6.92 Å². The number of rotatable bonds is 12. The van der Waals surface area contributed by atoms with E-state index in [0.717, 1.165) is 27.8 Å². The van der Waals surface area contributed by atoms with Crippen LogP contribution in [0.15, 0.2) is 99.6 Å². The van der Waals surface area contributed by atoms with E-state index in [4.69, 9.17) is 18.5 Å². The number of hydrogen-bond acceptors (Lipinski definition) is 11. The molecule has 3 aromatic carbocycles. The lowest BCUT2D eigenvalue weighted by atomic mass is 10.1. The number of aliphatic hydroxyl groups excluding tert-OH is 2. The molecule has 236 valence electrons. The summed E-state index contributed by atoms with van der Waals surface area (Å²) in [5, 5.41) is 25.7. The van der Waals surface area contributed by atoms with Crippen molar-refractivity contribution in [2.45, 2.75) is 43.7 Å². The number of esters is 1. The summed E-state index contributed by atoms with van der Waals surface area (Å²) in [6.07, 6.45) is -4.05. The van der Waals surface area contributed by atoms with Gasteiger partial charge in [0.15, 0.2) is 6.23 Å². The van der Waals surface area contributed by atoms with E-state index in [2.05, 4.69) is 16.8 Å². The van der Waals surface area contributed by atoms with E-state index in [1.54, 1.807) is 48.5 Å². The van der Waals surface area contributed by atoms with Crippen LogP contribution in [0.25, 0.3) is 10.8 Å². The van der Waals surface area contributed by atoms with Crippen LogP contribution in [-0.2, 0) is 30.0 Å². The van der Waals surface area contributed by atoms with Gasteiger partial charge in [0.2, 0.25) is 5.72 Å². The highest BCUT2D eigenvalue weighted by Gasteiger charge is 2.56. The largest absolute Gasteiger partial charge is 0.460 e. The Morgan fingerprint density at radius 1 is 1.11 bits per heavy atom. The number of ether oxygens (including phenoxy) is 2. The summed E-state index contributed by atoms with van der Waals surface area (Å²) in [6, 6.07) is 21.0. The molecule has 4 aromatic rings. The normalized spacial score (nSPS) is 23.2. The maximum Gasteiger partial charge on any atom is 0.459 e. The number of H-pyrrole nitrogens is 1. The molecule has 1 aliphatic heterocycles. The van der Waals surface area contributed by atoms with Gasteiger partial charge in [0, 0.05) is 17.6 Å². The number of aromatic amines is 1. The predicted molar refractivity (Wildman–Crippen MR) is 163 cm³/mol. The Morgan fingerprint density at radius 2 is 1.82 bits per heavy atom. The summed E-state index contributed by atoms with van der Waals surface area (Å²) in [6.45, 7) is 3.99. The number of nitrogens with zero attached hydrogens (tertiary/aromatic N) is 2. The summed E-state index contributed by atoms with van der Waals surface area (Å²) in [4.78, 5) is 42.6. The van der Waals surface area contributed by atoms with Gasteiger partial charge in [-0.05, 0) is 30.7 Å². The number of carbonyl (C=O) groups excluding carboxylic acids is 1. The molecule has 45 heavy (non-hydrogen) atoms. The Kier molecular flexibility index (Phi) is 9.44. The highest BCUT2D eigenvalue weighted by atomic mass is 31.2. The first-order valence-electron chi connectivity index (χ1n) is 13.8. The Balaban J connectivity index is 1.40. The van der Waals surface area contributed by atoms with Gasteiger partial charge in [-0.15, -0.1) is 0 Å². The van der Waals surface area contributed by atoms with Crippen molar-refractivity contribution in [3.05, 3.63) is 111 Å². The van der Waals surface area contributed by atoms with E-state index >= 15 is 0 Å². The van der Waals surface area contributed by atoms with Crippen LogP contribution in [0.4, 0.5) is 0 Å². The zero-order valence-electron chi connectivity index (χ0n) is 24.0. The van der Waals surface area contributed by atoms with Gasteiger partial charge in [-0.2, -0.15) is 5.09 Å². The maximum absolute atomic E-state index is 14.3. The number of aliphatic hydroxyl groups is 2. The molecule has 0 bridgehead atoms. The van der Waals surface area contributed by atoms with Crippen LogP contribution in [-0.4, -0.2) is 63.0 Å². The minimum Gasteiger partial charge on any atom is -0.460 e. The van der Waals surface area contributed by atoms with E-state index in [1.807, 2.05) is 29.2 Å². The van der Waals surface area contributed by atoms with Crippen LogP contribution in [0, 0.1) is 0 Å². The molecule has 2 heterocycles. The molecule has 1 unspecified atom stereocenters. The average molecular weight is 639 g/mol. The number of aliphatic imine (C=N–C) groups is 1. The molecular formula is C30H31N4O10P. The molecule has 1 saturated heterocycles. The van der Waals surface area contributed by atoms with Gasteiger partial charge in [0.1, 0.15) is 37.2 Å². The molecule has 15 heteroatoms. The zero-order valence-corrected chi connectivity index (χ0v) is 24.9. The number of aromatic nitrogens is 2. The molecule has 0 aliphatic carbocycles. The van der Waals surface area contributed by atoms with Gasteiger partial charge in [-0.1, -0.05) is 66.7 Å². The van der Waals surface area contributed by atoms with E-state index in [-0.39, 0.29) is 12.4 Å². The van der Waals surface area contributed by atoms with Crippen molar-refractivity contribution in [1.82, 2.24) is 14.6 Å². The molecule has 1 fully saturated rings. The van der Waals surface area contributed by atoms with Crippen LogP contribution in [0.1, 0.15) is 18.7 Å².